The summed E-state index contributed by atoms with van der Waals surface area (Å²) in [6.45, 7) is 3.57. The van der Waals surface area contributed by atoms with Crippen molar-refractivity contribution in [3.05, 3.63) is 53.9 Å². The molecule has 2 aromatic heterocycles. The average molecular weight is 306 g/mol. The van der Waals surface area contributed by atoms with Gasteiger partial charge in [-0.2, -0.15) is 5.10 Å². The summed E-state index contributed by atoms with van der Waals surface area (Å²) >= 11 is 0. The Kier molecular flexibility index (Phi) is 3.33. The first kappa shape index (κ1) is 13.9. The van der Waals surface area contributed by atoms with Crippen molar-refractivity contribution in [2.75, 3.05) is 13.1 Å². The lowest BCUT2D eigenvalue weighted by Gasteiger charge is -2.15. The van der Waals surface area contributed by atoms with Crippen LogP contribution in [0.2, 0.25) is 0 Å². The van der Waals surface area contributed by atoms with Crippen LogP contribution in [-0.2, 0) is 0 Å². The SMILES string of the molecule is Cc1cc(C(=O)N2CCCC2)n2nc(-c3ccccc3)cc2n1. The van der Waals surface area contributed by atoms with E-state index in [9.17, 15) is 4.79 Å². The monoisotopic (exact) mass is 306 g/mol. The van der Waals surface area contributed by atoms with Gasteiger partial charge in [-0.25, -0.2) is 9.50 Å². The Hall–Kier alpha value is -2.69. The third kappa shape index (κ3) is 2.48. The summed E-state index contributed by atoms with van der Waals surface area (Å²) in [7, 11) is 0. The fraction of sp³-hybridized carbons (Fsp3) is 0.278. The van der Waals surface area contributed by atoms with Gasteiger partial charge in [0.1, 0.15) is 5.69 Å². The Morgan fingerprint density at radius 1 is 1.09 bits per heavy atom. The van der Waals surface area contributed by atoms with Crippen LogP contribution in [0.15, 0.2) is 42.5 Å². The predicted molar refractivity (Wildman–Crippen MR) is 88.3 cm³/mol. The number of likely N-dealkylation sites (tertiary alicyclic amines) is 1. The zero-order valence-electron chi connectivity index (χ0n) is 13.1. The minimum atomic E-state index is 0.0423. The number of benzene rings is 1. The van der Waals surface area contributed by atoms with Crippen molar-refractivity contribution in [1.29, 1.82) is 0 Å². The van der Waals surface area contributed by atoms with Crippen molar-refractivity contribution in [1.82, 2.24) is 19.5 Å². The molecule has 0 atom stereocenters. The molecule has 0 spiro atoms. The third-order valence-electron chi connectivity index (χ3n) is 4.24. The van der Waals surface area contributed by atoms with Crippen LogP contribution in [0.1, 0.15) is 29.0 Å². The number of hydrogen-bond acceptors (Lipinski definition) is 3. The lowest BCUT2D eigenvalue weighted by molar-refractivity contribution is 0.0784. The maximum Gasteiger partial charge on any atom is 0.272 e. The predicted octanol–water partition coefficient (Wildman–Crippen LogP) is 2.94. The van der Waals surface area contributed by atoms with E-state index in [1.54, 1.807) is 4.52 Å². The molecule has 0 radical (unpaired) electrons. The number of aromatic nitrogens is 3. The summed E-state index contributed by atoms with van der Waals surface area (Å²) in [4.78, 5) is 19.2. The van der Waals surface area contributed by atoms with Crippen molar-refractivity contribution in [2.24, 2.45) is 0 Å². The molecular weight excluding hydrogens is 288 g/mol. The van der Waals surface area contributed by atoms with Gasteiger partial charge in [-0.3, -0.25) is 4.79 Å². The standard InChI is InChI=1S/C18H18N4O/c1-13-11-16(18(23)21-9-5-6-10-21)22-17(19-13)12-15(20-22)14-7-3-2-4-8-14/h2-4,7-8,11-12H,5-6,9-10H2,1H3. The zero-order chi connectivity index (χ0) is 15.8. The Morgan fingerprint density at radius 2 is 1.83 bits per heavy atom. The minimum absolute atomic E-state index is 0.0423. The van der Waals surface area contributed by atoms with Gasteiger partial charge < -0.3 is 4.90 Å². The quantitative estimate of drug-likeness (QED) is 0.731. The average Bonchev–Trinajstić information content (AvgIpc) is 3.23. The third-order valence-corrected chi connectivity index (χ3v) is 4.24. The maximum atomic E-state index is 12.8. The lowest BCUT2D eigenvalue weighted by Crippen LogP contribution is -2.29. The van der Waals surface area contributed by atoms with E-state index < -0.39 is 0 Å². The van der Waals surface area contributed by atoms with E-state index in [-0.39, 0.29) is 5.91 Å². The second kappa shape index (κ2) is 5.50. The van der Waals surface area contributed by atoms with Crippen molar-refractivity contribution >= 4 is 11.6 Å². The van der Waals surface area contributed by atoms with E-state index >= 15 is 0 Å². The molecule has 1 aromatic carbocycles. The van der Waals surface area contributed by atoms with Crippen molar-refractivity contribution in [3.8, 4) is 11.3 Å². The Labute approximate surface area is 134 Å². The topological polar surface area (TPSA) is 50.5 Å². The highest BCUT2D eigenvalue weighted by atomic mass is 16.2. The molecule has 0 N–H and O–H groups in total. The van der Waals surface area contributed by atoms with E-state index in [1.165, 1.54) is 0 Å². The van der Waals surface area contributed by atoms with Crippen LogP contribution in [0.25, 0.3) is 16.9 Å². The summed E-state index contributed by atoms with van der Waals surface area (Å²) in [5.74, 6) is 0.0423. The van der Waals surface area contributed by atoms with Crippen molar-refractivity contribution < 1.29 is 4.79 Å². The number of fused-ring (bicyclic) bond motifs is 1. The van der Waals surface area contributed by atoms with Gasteiger partial charge in [0.2, 0.25) is 0 Å². The van der Waals surface area contributed by atoms with Crippen LogP contribution in [0.5, 0.6) is 0 Å². The van der Waals surface area contributed by atoms with Gasteiger partial charge in [0, 0.05) is 30.4 Å². The van der Waals surface area contributed by atoms with E-state index in [0.29, 0.717) is 11.3 Å². The summed E-state index contributed by atoms with van der Waals surface area (Å²) in [6.07, 6.45) is 2.15. The van der Waals surface area contributed by atoms with E-state index in [4.69, 9.17) is 0 Å². The number of amides is 1. The summed E-state index contributed by atoms with van der Waals surface area (Å²) in [6, 6.07) is 13.7. The van der Waals surface area contributed by atoms with Crippen LogP contribution in [0, 0.1) is 6.92 Å². The molecule has 0 bridgehead atoms. The first-order chi connectivity index (χ1) is 11.2. The zero-order valence-corrected chi connectivity index (χ0v) is 13.1. The molecule has 23 heavy (non-hydrogen) atoms. The normalized spacial score (nSPS) is 14.6. The molecular formula is C18H18N4O. The minimum Gasteiger partial charge on any atom is -0.337 e. The summed E-state index contributed by atoms with van der Waals surface area (Å²) < 4.78 is 1.68. The molecule has 116 valence electrons. The molecule has 1 fully saturated rings. The van der Waals surface area contributed by atoms with E-state index in [2.05, 4.69) is 10.1 Å². The largest absolute Gasteiger partial charge is 0.337 e. The van der Waals surface area contributed by atoms with Gasteiger partial charge >= 0.3 is 0 Å². The van der Waals surface area contributed by atoms with Crippen LogP contribution in [0.4, 0.5) is 0 Å². The van der Waals surface area contributed by atoms with Crippen LogP contribution in [0.3, 0.4) is 0 Å². The molecule has 3 heterocycles. The number of carbonyl (C=O) groups excluding carboxylic acids is 1. The van der Waals surface area contributed by atoms with Gasteiger partial charge in [-0.15, -0.1) is 0 Å². The molecule has 1 aliphatic rings. The van der Waals surface area contributed by atoms with Gasteiger partial charge in [0.05, 0.1) is 5.69 Å². The first-order valence-corrected chi connectivity index (χ1v) is 7.94. The second-order valence-corrected chi connectivity index (χ2v) is 5.95. The number of nitrogens with zero attached hydrogens (tertiary/aromatic N) is 4. The molecule has 0 aliphatic carbocycles. The molecule has 1 saturated heterocycles. The smallest absolute Gasteiger partial charge is 0.272 e. The fourth-order valence-electron chi connectivity index (χ4n) is 3.08. The molecule has 4 rings (SSSR count). The van der Waals surface area contributed by atoms with E-state index in [0.717, 1.165) is 42.9 Å². The lowest BCUT2D eigenvalue weighted by atomic mass is 10.2. The molecule has 0 saturated carbocycles. The van der Waals surface area contributed by atoms with Gasteiger partial charge in [-0.1, -0.05) is 30.3 Å². The van der Waals surface area contributed by atoms with Gasteiger partial charge in [-0.05, 0) is 25.8 Å². The first-order valence-electron chi connectivity index (χ1n) is 7.94. The highest BCUT2D eigenvalue weighted by Gasteiger charge is 2.23. The molecule has 3 aromatic rings. The maximum absolute atomic E-state index is 12.8. The summed E-state index contributed by atoms with van der Waals surface area (Å²) in [5.41, 5.74) is 4.00. The number of rotatable bonds is 2. The molecule has 1 aliphatic heterocycles. The van der Waals surface area contributed by atoms with Crippen LogP contribution < -0.4 is 0 Å². The Balaban J connectivity index is 1.84. The Morgan fingerprint density at radius 3 is 2.57 bits per heavy atom. The van der Waals surface area contributed by atoms with E-state index in [1.807, 2.05) is 54.3 Å². The van der Waals surface area contributed by atoms with Crippen LogP contribution in [-0.4, -0.2) is 38.5 Å². The van der Waals surface area contributed by atoms with Gasteiger partial charge in [0.25, 0.3) is 5.91 Å². The molecule has 5 heteroatoms. The summed E-state index contributed by atoms with van der Waals surface area (Å²) in [5, 5.41) is 4.62. The highest BCUT2D eigenvalue weighted by molar-refractivity contribution is 5.93. The molecule has 0 unspecified atom stereocenters. The Bertz CT molecular complexity index is 863. The van der Waals surface area contributed by atoms with Crippen molar-refractivity contribution in [3.63, 3.8) is 0 Å². The number of hydrogen-bond donors (Lipinski definition) is 0. The number of aryl methyl sites for hydroxylation is 1. The fourth-order valence-corrected chi connectivity index (χ4v) is 3.08. The van der Waals surface area contributed by atoms with Crippen molar-refractivity contribution in [2.45, 2.75) is 19.8 Å². The highest BCUT2D eigenvalue weighted by Crippen LogP contribution is 2.21. The second-order valence-electron chi connectivity index (χ2n) is 5.95. The molecule has 5 nitrogen and oxygen atoms in total. The van der Waals surface area contributed by atoms with Gasteiger partial charge in [0.15, 0.2) is 5.65 Å². The number of carbonyl (C=O) groups is 1. The molecule has 1 amide bonds. The van der Waals surface area contributed by atoms with Crippen LogP contribution >= 0.6 is 0 Å².